The Bertz CT molecular complexity index is 1020. The molecule has 5 nitrogen and oxygen atoms in total. The molecule has 120 valence electrons. The van der Waals surface area contributed by atoms with Gasteiger partial charge in [-0.1, -0.05) is 0 Å². The van der Waals surface area contributed by atoms with E-state index in [4.69, 9.17) is 5.26 Å². The van der Waals surface area contributed by atoms with Gasteiger partial charge in [-0.2, -0.15) is 9.94 Å². The van der Waals surface area contributed by atoms with E-state index in [-0.39, 0.29) is 5.69 Å². The molecule has 1 aromatic carbocycles. The third-order valence-electron chi connectivity index (χ3n) is 4.04. The minimum atomic E-state index is -0.671. The zero-order valence-corrected chi connectivity index (χ0v) is 13.1. The third kappa shape index (κ3) is 2.25. The first-order valence-electron chi connectivity index (χ1n) is 7.22. The molecule has 4 rings (SSSR count). The van der Waals surface area contributed by atoms with Crippen molar-refractivity contribution in [1.29, 1.82) is 5.26 Å². The number of nitriles is 1. The van der Waals surface area contributed by atoms with Crippen molar-refractivity contribution in [2.24, 2.45) is 0 Å². The maximum atomic E-state index is 13.5. The molecule has 0 radical (unpaired) electrons. The van der Waals surface area contributed by atoms with Crippen molar-refractivity contribution in [3.05, 3.63) is 68.0 Å². The summed E-state index contributed by atoms with van der Waals surface area (Å²) in [7, 11) is 0. The Kier molecular flexibility index (Phi) is 3.32. The first-order chi connectivity index (χ1) is 11.6. The lowest BCUT2D eigenvalue weighted by molar-refractivity contribution is 0.550. The van der Waals surface area contributed by atoms with Crippen LogP contribution in [-0.4, -0.2) is 14.3 Å². The first kappa shape index (κ1) is 14.8. The number of hydrogen-bond donors (Lipinski definition) is 0. The molecule has 3 heterocycles. The molecule has 0 aliphatic carbocycles. The molecule has 2 aromatic heterocycles. The van der Waals surface area contributed by atoms with Crippen LogP contribution in [0.4, 0.5) is 8.78 Å². The Morgan fingerprint density at radius 2 is 2.00 bits per heavy atom. The van der Waals surface area contributed by atoms with Crippen molar-refractivity contribution in [2.45, 2.75) is 18.9 Å². The summed E-state index contributed by atoms with van der Waals surface area (Å²) in [6.07, 6.45) is 1.11. The molecule has 0 bridgehead atoms. The summed E-state index contributed by atoms with van der Waals surface area (Å²) in [5, 5.41) is 14.9. The fraction of sp³-hybridized carbons (Fsp3) is 0.188. The molecule has 1 aliphatic rings. The predicted molar refractivity (Wildman–Crippen MR) is 83.2 cm³/mol. The quantitative estimate of drug-likeness (QED) is 0.718. The van der Waals surface area contributed by atoms with E-state index >= 15 is 0 Å². The molecule has 24 heavy (non-hydrogen) atoms. The number of aryl methyl sites for hydroxylation is 1. The highest BCUT2D eigenvalue weighted by Gasteiger charge is 2.30. The van der Waals surface area contributed by atoms with Crippen molar-refractivity contribution in [1.82, 2.24) is 14.3 Å². The number of halogens is 2. The van der Waals surface area contributed by atoms with Gasteiger partial charge in [0, 0.05) is 17.9 Å². The second-order valence-electron chi connectivity index (χ2n) is 5.52. The smallest absolute Gasteiger partial charge is 0.271 e. The summed E-state index contributed by atoms with van der Waals surface area (Å²) in [5.41, 5.74) is 0.558. The van der Waals surface area contributed by atoms with E-state index in [1.54, 1.807) is 11.4 Å². The van der Waals surface area contributed by atoms with E-state index in [1.807, 2.05) is 6.07 Å². The lowest BCUT2D eigenvalue weighted by Gasteiger charge is -2.12. The van der Waals surface area contributed by atoms with Gasteiger partial charge < -0.3 is 0 Å². The van der Waals surface area contributed by atoms with Crippen LogP contribution < -0.4 is 5.69 Å². The fourth-order valence-electron chi connectivity index (χ4n) is 3.04. The zero-order valence-electron chi connectivity index (χ0n) is 12.2. The van der Waals surface area contributed by atoms with E-state index < -0.39 is 17.7 Å². The minimum absolute atomic E-state index is 0.376. The molecular weight excluding hydrogens is 334 g/mol. The molecule has 0 fully saturated rings. The molecule has 0 N–H and O–H groups in total. The van der Waals surface area contributed by atoms with Crippen LogP contribution in [0.3, 0.4) is 0 Å². The molecule has 1 aliphatic heterocycles. The number of aromatic nitrogens is 3. The number of benzene rings is 1. The van der Waals surface area contributed by atoms with Crippen LogP contribution >= 0.6 is 11.3 Å². The number of thiophene rings is 1. The second kappa shape index (κ2) is 5.39. The van der Waals surface area contributed by atoms with Crippen LogP contribution in [-0.2, 0) is 6.42 Å². The lowest BCUT2D eigenvalue weighted by Crippen LogP contribution is -2.26. The number of fused-ring (bicyclic) bond motifs is 1. The van der Waals surface area contributed by atoms with E-state index in [9.17, 15) is 13.6 Å². The Hall–Kier alpha value is -2.79. The molecule has 0 amide bonds. The molecule has 3 aromatic rings. The van der Waals surface area contributed by atoms with Crippen LogP contribution in [0.15, 0.2) is 34.4 Å². The number of nitrogens with zero attached hydrogens (tertiary/aromatic N) is 4. The van der Waals surface area contributed by atoms with Crippen molar-refractivity contribution in [3.63, 3.8) is 0 Å². The van der Waals surface area contributed by atoms with Gasteiger partial charge in [0.05, 0.1) is 11.7 Å². The van der Waals surface area contributed by atoms with E-state index in [1.165, 1.54) is 32.7 Å². The van der Waals surface area contributed by atoms with Gasteiger partial charge >= 0.3 is 5.69 Å². The van der Waals surface area contributed by atoms with Gasteiger partial charge in [-0.15, -0.1) is 16.4 Å². The van der Waals surface area contributed by atoms with E-state index in [0.29, 0.717) is 34.8 Å². The first-order valence-corrected chi connectivity index (χ1v) is 8.10. The Labute approximate surface area is 139 Å². The summed E-state index contributed by atoms with van der Waals surface area (Å²) < 4.78 is 29.7. The lowest BCUT2D eigenvalue weighted by atomic mass is 10.0. The highest BCUT2D eigenvalue weighted by atomic mass is 32.1. The summed E-state index contributed by atoms with van der Waals surface area (Å²) in [4.78, 5) is 13.2. The maximum absolute atomic E-state index is 13.5. The average molecular weight is 344 g/mol. The third-order valence-corrected chi connectivity index (χ3v) is 4.87. The summed E-state index contributed by atoms with van der Waals surface area (Å²) >= 11 is 1.23. The Balaban J connectivity index is 1.81. The van der Waals surface area contributed by atoms with Gasteiger partial charge in [0.25, 0.3) is 0 Å². The molecule has 0 unspecified atom stereocenters. The van der Waals surface area contributed by atoms with Crippen molar-refractivity contribution in [3.8, 4) is 11.8 Å². The SMILES string of the molecule is N#Cc1cc(-n2nc3n(c2=O)[C@H](c2cc(F)cc(F)c2)CC3)cs1. The van der Waals surface area contributed by atoms with Crippen LogP contribution in [0.2, 0.25) is 0 Å². The maximum Gasteiger partial charge on any atom is 0.351 e. The molecule has 1 atom stereocenters. The molecule has 8 heteroatoms. The van der Waals surface area contributed by atoms with Crippen LogP contribution in [0.1, 0.15) is 28.7 Å². The number of rotatable bonds is 2. The van der Waals surface area contributed by atoms with Crippen molar-refractivity contribution in [2.75, 3.05) is 0 Å². The van der Waals surface area contributed by atoms with Gasteiger partial charge in [-0.25, -0.2) is 13.6 Å². The predicted octanol–water partition coefficient (Wildman–Crippen LogP) is 2.78. The highest BCUT2D eigenvalue weighted by molar-refractivity contribution is 7.10. The van der Waals surface area contributed by atoms with Crippen molar-refractivity contribution < 1.29 is 8.78 Å². The average Bonchev–Trinajstić information content (AvgIpc) is 3.22. The summed E-state index contributed by atoms with van der Waals surface area (Å²) in [5.74, 6) is -0.773. The standard InChI is InChI=1S/C16H10F2N4OS/c17-10-3-9(4-11(18)5-10)14-1-2-15-20-22(16(23)21(14)15)12-6-13(7-19)24-8-12/h3-6,8,14H,1-2H2/t14-/m0/s1. The number of hydrogen-bond acceptors (Lipinski definition) is 4. The second-order valence-corrected chi connectivity index (χ2v) is 6.43. The van der Waals surface area contributed by atoms with Crippen LogP contribution in [0, 0.1) is 23.0 Å². The van der Waals surface area contributed by atoms with Gasteiger partial charge in [0.1, 0.15) is 28.4 Å². The summed E-state index contributed by atoms with van der Waals surface area (Å²) in [6.45, 7) is 0. The van der Waals surface area contributed by atoms with Crippen LogP contribution in [0.25, 0.3) is 5.69 Å². The largest absolute Gasteiger partial charge is 0.351 e. The van der Waals surface area contributed by atoms with Gasteiger partial charge in [0.15, 0.2) is 0 Å². The minimum Gasteiger partial charge on any atom is -0.271 e. The monoisotopic (exact) mass is 344 g/mol. The topological polar surface area (TPSA) is 63.6 Å². The van der Waals surface area contributed by atoms with E-state index in [2.05, 4.69) is 5.10 Å². The normalized spacial score (nSPS) is 16.1. The van der Waals surface area contributed by atoms with Gasteiger partial charge in [-0.3, -0.25) is 4.57 Å². The zero-order chi connectivity index (χ0) is 16.8. The Morgan fingerprint density at radius 3 is 2.67 bits per heavy atom. The molecular formula is C16H10F2N4OS. The molecule has 0 saturated heterocycles. The van der Waals surface area contributed by atoms with Crippen LogP contribution in [0.5, 0.6) is 0 Å². The highest BCUT2D eigenvalue weighted by Crippen LogP contribution is 2.30. The molecule has 0 saturated carbocycles. The fourth-order valence-corrected chi connectivity index (χ4v) is 3.70. The van der Waals surface area contributed by atoms with E-state index in [0.717, 1.165) is 6.07 Å². The van der Waals surface area contributed by atoms with Gasteiger partial charge in [-0.05, 0) is 30.2 Å². The summed E-state index contributed by atoms with van der Waals surface area (Å²) in [6, 6.07) is 6.45. The Morgan fingerprint density at radius 1 is 1.25 bits per heavy atom. The molecule has 0 spiro atoms. The van der Waals surface area contributed by atoms with Crippen molar-refractivity contribution >= 4 is 11.3 Å². The van der Waals surface area contributed by atoms with Gasteiger partial charge in [0.2, 0.25) is 0 Å².